The molecule has 0 radical (unpaired) electrons. The molecule has 3 rings (SSSR count). The maximum Gasteiger partial charge on any atom is 0.330 e. The van der Waals surface area contributed by atoms with Crippen LogP contribution in [0, 0.1) is 0 Å². The summed E-state index contributed by atoms with van der Waals surface area (Å²) in [6, 6.07) is 11.8. The molecule has 0 bridgehead atoms. The topological polar surface area (TPSA) is 52.6 Å². The van der Waals surface area contributed by atoms with E-state index in [0.717, 1.165) is 22.4 Å². The highest BCUT2D eigenvalue weighted by Gasteiger charge is 2.20. The van der Waals surface area contributed by atoms with Crippen molar-refractivity contribution in [2.75, 3.05) is 6.61 Å². The van der Waals surface area contributed by atoms with E-state index in [9.17, 15) is 9.00 Å². The predicted octanol–water partition coefficient (Wildman–Crippen LogP) is 3.36. The number of esters is 1. The van der Waals surface area contributed by atoms with Crippen molar-refractivity contribution in [2.24, 2.45) is 0 Å². The fourth-order valence-electron chi connectivity index (χ4n) is 2.51. The molecule has 1 aliphatic rings. The van der Waals surface area contributed by atoms with Gasteiger partial charge in [-0.15, -0.1) is 0 Å². The van der Waals surface area contributed by atoms with Gasteiger partial charge >= 0.3 is 5.97 Å². The first-order chi connectivity index (χ1) is 11.5. The molecule has 24 heavy (non-hydrogen) atoms. The van der Waals surface area contributed by atoms with Gasteiger partial charge in [-0.05, 0) is 35.4 Å². The van der Waals surface area contributed by atoms with Crippen molar-refractivity contribution in [3.63, 3.8) is 0 Å². The smallest absolute Gasteiger partial charge is 0.330 e. The maximum absolute atomic E-state index is 13.2. The number of hydrogen-bond acceptors (Lipinski definition) is 4. The third-order valence-corrected chi connectivity index (χ3v) is 5.65. The molecule has 0 aromatic heterocycles. The number of hydrogen-bond donors (Lipinski definition) is 0. The summed E-state index contributed by atoms with van der Waals surface area (Å²) in [5.74, 6) is -0.528. The quantitative estimate of drug-likeness (QED) is 0.475. The first-order valence-corrected chi connectivity index (χ1v) is 9.12. The van der Waals surface area contributed by atoms with E-state index in [1.165, 1.54) is 0 Å². The Balaban J connectivity index is 1.89. The fraction of sp³-hybridized carbons (Fsp3) is 0.158. The van der Waals surface area contributed by atoms with E-state index in [1.807, 2.05) is 42.5 Å². The molecule has 4 nitrogen and oxygen atoms in total. The first-order valence-electron chi connectivity index (χ1n) is 7.58. The van der Waals surface area contributed by atoms with Crippen molar-refractivity contribution in [1.29, 1.82) is 0 Å². The van der Waals surface area contributed by atoms with Gasteiger partial charge in [0.1, 0.15) is 22.5 Å². The van der Waals surface area contributed by atoms with Gasteiger partial charge in [-0.25, -0.2) is 9.00 Å². The summed E-state index contributed by atoms with van der Waals surface area (Å²) >= 11 is 0. The average molecular weight is 342 g/mol. The van der Waals surface area contributed by atoms with Crippen molar-refractivity contribution in [3.8, 4) is 0 Å². The summed E-state index contributed by atoms with van der Waals surface area (Å²) in [6.45, 7) is 5.07. The van der Waals surface area contributed by atoms with Crippen molar-refractivity contribution >= 4 is 38.0 Å². The molecule has 2 aromatic carbocycles. The zero-order valence-corrected chi connectivity index (χ0v) is 14.1. The molecule has 0 amide bonds. The molecule has 124 valence electrons. The number of benzene rings is 2. The lowest BCUT2D eigenvalue weighted by molar-refractivity contribution is -0.143. The van der Waals surface area contributed by atoms with Crippen molar-refractivity contribution in [3.05, 3.63) is 60.7 Å². The van der Waals surface area contributed by atoms with Crippen LogP contribution in [0.3, 0.4) is 0 Å². The summed E-state index contributed by atoms with van der Waals surface area (Å²) in [5.41, 5.74) is 0.872. The monoisotopic (exact) mass is 342 g/mol. The normalized spacial score (nSPS) is 20.0. The highest BCUT2D eigenvalue weighted by atomic mass is 32.2. The second-order valence-corrected chi connectivity index (χ2v) is 7.55. The molecule has 0 aliphatic carbocycles. The van der Waals surface area contributed by atoms with Gasteiger partial charge in [0.2, 0.25) is 0 Å². The van der Waals surface area contributed by atoms with Crippen LogP contribution < -0.4 is 0 Å². The minimum absolute atomic E-state index is 0.0367. The number of allylic oxidation sites excluding steroid dienone is 1. The SMILES string of the molecule is C=CC(=O)OC(C)COS1(=O)=CC=Cc2cc3ccccc3cc21. The van der Waals surface area contributed by atoms with Gasteiger partial charge in [-0.2, -0.15) is 0 Å². The Labute approximate surface area is 141 Å². The molecule has 0 fully saturated rings. The zero-order chi connectivity index (χ0) is 17.2. The van der Waals surface area contributed by atoms with Crippen LogP contribution in [0.25, 0.3) is 16.8 Å². The lowest BCUT2D eigenvalue weighted by atomic mass is 10.1. The van der Waals surface area contributed by atoms with E-state index >= 15 is 0 Å². The van der Waals surface area contributed by atoms with Crippen LogP contribution in [0.1, 0.15) is 12.5 Å². The molecule has 2 aromatic rings. The Bertz CT molecular complexity index is 949. The second kappa shape index (κ2) is 6.63. The van der Waals surface area contributed by atoms with Gasteiger partial charge in [-0.1, -0.05) is 43.0 Å². The molecule has 2 unspecified atom stereocenters. The molecule has 5 heteroatoms. The van der Waals surface area contributed by atoms with E-state index in [2.05, 4.69) is 6.58 Å². The van der Waals surface area contributed by atoms with Crippen molar-refractivity contribution < 1.29 is 17.9 Å². The summed E-state index contributed by atoms with van der Waals surface area (Å²) in [5, 5.41) is 3.65. The van der Waals surface area contributed by atoms with Crippen LogP contribution in [0.5, 0.6) is 0 Å². The lowest BCUT2D eigenvalue weighted by Crippen LogP contribution is -2.23. The molecule has 1 heterocycles. The van der Waals surface area contributed by atoms with Gasteiger partial charge in [0.15, 0.2) is 0 Å². The Morgan fingerprint density at radius 1 is 1.29 bits per heavy atom. The third-order valence-electron chi connectivity index (χ3n) is 3.68. The number of ether oxygens (including phenoxy) is 1. The summed E-state index contributed by atoms with van der Waals surface area (Å²) in [4.78, 5) is 11.9. The Morgan fingerprint density at radius 3 is 2.71 bits per heavy atom. The summed E-state index contributed by atoms with van der Waals surface area (Å²) in [6.07, 6.45) is 4.22. The molecule has 0 N–H and O–H groups in total. The van der Waals surface area contributed by atoms with Crippen molar-refractivity contribution in [1.82, 2.24) is 0 Å². The second-order valence-electron chi connectivity index (χ2n) is 5.51. The molecular formula is C19H18O4S. The number of fused-ring (bicyclic) bond motifs is 2. The molecule has 2 atom stereocenters. The van der Waals surface area contributed by atoms with Gasteiger partial charge in [-0.3, -0.25) is 4.18 Å². The van der Waals surface area contributed by atoms with Crippen LogP contribution in [-0.4, -0.2) is 28.3 Å². The molecule has 1 aliphatic heterocycles. The predicted molar refractivity (Wildman–Crippen MR) is 97.2 cm³/mol. The minimum Gasteiger partial charge on any atom is -0.457 e. The van der Waals surface area contributed by atoms with Crippen LogP contribution in [0.4, 0.5) is 0 Å². The molecular weight excluding hydrogens is 324 g/mol. The Hall–Kier alpha value is -2.37. The highest BCUT2D eigenvalue weighted by Crippen LogP contribution is 2.28. The van der Waals surface area contributed by atoms with Gasteiger partial charge in [0.25, 0.3) is 0 Å². The van der Waals surface area contributed by atoms with E-state index in [4.69, 9.17) is 8.92 Å². The zero-order valence-electron chi connectivity index (χ0n) is 13.3. The number of carbonyl (C=O) groups excluding carboxylic acids is 1. The molecule has 0 saturated carbocycles. The lowest BCUT2D eigenvalue weighted by Gasteiger charge is -2.20. The van der Waals surface area contributed by atoms with E-state index in [1.54, 1.807) is 18.4 Å². The van der Waals surface area contributed by atoms with E-state index in [-0.39, 0.29) is 6.61 Å². The van der Waals surface area contributed by atoms with Gasteiger partial charge in [0, 0.05) is 11.4 Å². The highest BCUT2D eigenvalue weighted by molar-refractivity contribution is 7.97. The van der Waals surface area contributed by atoms with E-state index < -0.39 is 21.9 Å². The largest absolute Gasteiger partial charge is 0.457 e. The summed E-state index contributed by atoms with van der Waals surface area (Å²) < 4.78 is 24.0. The third kappa shape index (κ3) is 3.27. The van der Waals surface area contributed by atoms with Crippen molar-refractivity contribution in [2.45, 2.75) is 17.9 Å². The number of carbonyl (C=O) groups is 1. The van der Waals surface area contributed by atoms with Gasteiger partial charge < -0.3 is 4.74 Å². The Morgan fingerprint density at radius 2 is 2.00 bits per heavy atom. The fourth-order valence-corrected chi connectivity index (χ4v) is 4.29. The summed E-state index contributed by atoms with van der Waals surface area (Å²) in [7, 11) is -2.81. The molecule has 0 saturated heterocycles. The van der Waals surface area contributed by atoms with E-state index in [0.29, 0.717) is 4.90 Å². The average Bonchev–Trinajstić information content (AvgIpc) is 2.59. The van der Waals surface area contributed by atoms with Crippen LogP contribution in [0.15, 0.2) is 60.0 Å². The minimum atomic E-state index is -2.81. The van der Waals surface area contributed by atoms with Gasteiger partial charge in [0.05, 0.1) is 4.90 Å². The standard InChI is InChI=1S/C19H18O4S/c1-3-19(20)23-14(2)13-22-24(21)10-6-9-17-11-15-7-4-5-8-16(15)12-18(17)24/h3-12,14H,1,13H2,2H3. The maximum atomic E-state index is 13.2. The van der Waals surface area contributed by atoms with Crippen LogP contribution in [0.2, 0.25) is 0 Å². The Kier molecular flexibility index (Phi) is 4.55. The molecule has 0 spiro atoms. The van der Waals surface area contributed by atoms with Crippen LogP contribution >= 0.6 is 0 Å². The first kappa shape index (κ1) is 16.5. The number of rotatable bonds is 5. The van der Waals surface area contributed by atoms with Crippen LogP contribution in [-0.2, 0) is 23.5 Å².